The number of fused-ring (bicyclic) bond motifs is 2. The molecule has 0 amide bonds. The number of benzene rings is 2. The summed E-state index contributed by atoms with van der Waals surface area (Å²) in [5.41, 5.74) is 4.15. The van der Waals surface area contributed by atoms with E-state index < -0.39 is 0 Å². The van der Waals surface area contributed by atoms with Crippen LogP contribution in [0.1, 0.15) is 5.69 Å². The number of aryl methyl sites for hydroxylation is 2. The molecule has 0 bridgehead atoms. The van der Waals surface area contributed by atoms with Gasteiger partial charge >= 0.3 is 5.82 Å². The fourth-order valence-electron chi connectivity index (χ4n) is 3.03. The maximum Gasteiger partial charge on any atom is 0.378 e. The Morgan fingerprint density at radius 2 is 1.62 bits per heavy atom. The van der Waals surface area contributed by atoms with Crippen molar-refractivity contribution in [1.82, 2.24) is 9.67 Å². The van der Waals surface area contributed by atoms with E-state index in [0.29, 0.717) is 0 Å². The largest absolute Gasteiger partial charge is 1.00 e. The molecule has 6 heteroatoms. The van der Waals surface area contributed by atoms with Crippen LogP contribution in [0.15, 0.2) is 58.8 Å². The lowest BCUT2D eigenvalue weighted by molar-refractivity contribution is -0.737. The second-order valence-electron chi connectivity index (χ2n) is 5.73. The van der Waals surface area contributed by atoms with Crippen molar-refractivity contribution in [1.29, 1.82) is 0 Å². The molecule has 4 aromatic rings. The van der Waals surface area contributed by atoms with Crippen LogP contribution >= 0.6 is 0 Å². The van der Waals surface area contributed by atoms with Crippen molar-refractivity contribution in [3.8, 4) is 0 Å². The Bertz CT molecular complexity index is 1060. The highest BCUT2D eigenvalue weighted by atomic mass is 35.5. The van der Waals surface area contributed by atoms with E-state index in [2.05, 4.69) is 44.2 Å². The van der Waals surface area contributed by atoms with E-state index >= 15 is 0 Å². The van der Waals surface area contributed by atoms with Gasteiger partial charge in [-0.3, -0.25) is 0 Å². The SMILES string of the molecule is Cc1[nH]c2ccccc2c1N=Nc1c2ccccc2n(C)[n+]1C.[Cl-]. The minimum atomic E-state index is 0. The number of nitrogens with one attached hydrogen (secondary N) is 1. The predicted molar refractivity (Wildman–Crippen MR) is 91.3 cm³/mol. The lowest BCUT2D eigenvalue weighted by Gasteiger charge is -1.93. The highest BCUT2D eigenvalue weighted by molar-refractivity contribution is 5.92. The molecule has 0 aliphatic rings. The predicted octanol–water partition coefficient (Wildman–Crippen LogP) is 1.21. The fraction of sp³-hybridized carbons (Fsp3) is 0.167. The molecule has 0 fully saturated rings. The molecule has 2 aromatic heterocycles. The van der Waals surface area contributed by atoms with E-state index in [1.165, 1.54) is 0 Å². The van der Waals surface area contributed by atoms with Crippen molar-refractivity contribution in [2.75, 3.05) is 0 Å². The van der Waals surface area contributed by atoms with Crippen LogP contribution in [0.3, 0.4) is 0 Å². The first-order chi connectivity index (χ1) is 11.2. The van der Waals surface area contributed by atoms with E-state index in [4.69, 9.17) is 0 Å². The lowest BCUT2D eigenvalue weighted by atomic mass is 10.2. The molecule has 0 radical (unpaired) electrons. The standard InChI is InChI=1S/C18H17N5.ClH/c1-12-17(13-8-4-6-10-15(13)19-12)20-21-18-14-9-5-7-11-16(14)22(2)23(18)3;/h4-11H,1-3H3;1H. The van der Waals surface area contributed by atoms with Crippen molar-refractivity contribution in [2.24, 2.45) is 24.3 Å². The van der Waals surface area contributed by atoms with Gasteiger partial charge in [0.05, 0.1) is 16.0 Å². The van der Waals surface area contributed by atoms with E-state index in [1.807, 2.05) is 50.0 Å². The van der Waals surface area contributed by atoms with Gasteiger partial charge in [-0.05, 0) is 30.2 Å². The minimum absolute atomic E-state index is 0. The van der Waals surface area contributed by atoms with Crippen molar-refractivity contribution in [2.45, 2.75) is 6.92 Å². The highest BCUT2D eigenvalue weighted by Crippen LogP contribution is 2.32. The molecule has 0 aliphatic carbocycles. The van der Waals surface area contributed by atoms with Gasteiger partial charge in [-0.25, -0.2) is 4.68 Å². The van der Waals surface area contributed by atoms with Gasteiger partial charge in [-0.1, -0.05) is 30.3 Å². The first kappa shape index (κ1) is 16.2. The van der Waals surface area contributed by atoms with Gasteiger partial charge in [-0.2, -0.15) is 4.68 Å². The Morgan fingerprint density at radius 3 is 2.42 bits per heavy atom. The average molecular weight is 340 g/mol. The molecule has 0 atom stereocenters. The molecule has 5 nitrogen and oxygen atoms in total. The molecular formula is C18H18ClN5. The first-order valence-electron chi connectivity index (χ1n) is 7.59. The average Bonchev–Trinajstić information content (AvgIpc) is 3.01. The lowest BCUT2D eigenvalue weighted by Crippen LogP contribution is -3.00. The first-order valence-corrected chi connectivity index (χ1v) is 7.59. The Hall–Kier alpha value is -2.66. The number of hydrogen-bond acceptors (Lipinski definition) is 2. The summed E-state index contributed by atoms with van der Waals surface area (Å²) in [6.45, 7) is 2.03. The van der Waals surface area contributed by atoms with Gasteiger partial charge in [0.2, 0.25) is 0 Å². The third kappa shape index (κ3) is 2.37. The Balaban J connectivity index is 0.00000169. The summed E-state index contributed by atoms with van der Waals surface area (Å²) in [7, 11) is 4.02. The van der Waals surface area contributed by atoms with Gasteiger partial charge < -0.3 is 17.4 Å². The van der Waals surface area contributed by atoms with E-state index in [9.17, 15) is 0 Å². The zero-order chi connectivity index (χ0) is 16.0. The second-order valence-corrected chi connectivity index (χ2v) is 5.73. The summed E-state index contributed by atoms with van der Waals surface area (Å²) in [5.74, 6) is 0.854. The van der Waals surface area contributed by atoms with Crippen LogP contribution in [-0.4, -0.2) is 9.67 Å². The van der Waals surface area contributed by atoms with Crippen molar-refractivity contribution < 1.29 is 17.1 Å². The zero-order valence-electron chi connectivity index (χ0n) is 13.8. The van der Waals surface area contributed by atoms with Crippen LogP contribution in [0.25, 0.3) is 21.8 Å². The maximum atomic E-state index is 4.56. The number of H-pyrrole nitrogens is 1. The fourth-order valence-corrected chi connectivity index (χ4v) is 3.03. The summed E-state index contributed by atoms with van der Waals surface area (Å²) in [4.78, 5) is 3.35. The molecule has 122 valence electrons. The molecule has 1 N–H and O–H groups in total. The van der Waals surface area contributed by atoms with Crippen LogP contribution in [0.4, 0.5) is 11.5 Å². The number of hydrogen-bond donors (Lipinski definition) is 1. The zero-order valence-corrected chi connectivity index (χ0v) is 14.5. The number of aromatic nitrogens is 3. The smallest absolute Gasteiger partial charge is 0.378 e. The molecule has 2 aromatic carbocycles. The molecule has 0 saturated heterocycles. The van der Waals surface area contributed by atoms with Gasteiger partial charge in [0.15, 0.2) is 0 Å². The quantitative estimate of drug-likeness (QED) is 0.422. The number of halogens is 1. The molecule has 0 aliphatic heterocycles. The number of aromatic amines is 1. The van der Waals surface area contributed by atoms with Crippen molar-refractivity contribution in [3.05, 3.63) is 54.2 Å². The van der Waals surface area contributed by atoms with Gasteiger partial charge in [-0.15, -0.1) is 0 Å². The third-order valence-electron chi connectivity index (χ3n) is 4.35. The monoisotopic (exact) mass is 339 g/mol. The molecular weight excluding hydrogens is 322 g/mol. The van der Waals surface area contributed by atoms with E-state index in [0.717, 1.165) is 39.0 Å². The topological polar surface area (TPSA) is 49.3 Å². The second kappa shape index (κ2) is 6.09. The Kier molecular flexibility index (Phi) is 4.11. The summed E-state index contributed by atoms with van der Waals surface area (Å²) in [5, 5.41) is 11.3. The van der Waals surface area contributed by atoms with E-state index in [-0.39, 0.29) is 12.4 Å². The van der Waals surface area contributed by atoms with Crippen molar-refractivity contribution >= 4 is 33.3 Å². The summed E-state index contributed by atoms with van der Waals surface area (Å²) >= 11 is 0. The highest BCUT2D eigenvalue weighted by Gasteiger charge is 2.19. The van der Waals surface area contributed by atoms with Crippen LogP contribution < -0.4 is 17.1 Å². The molecule has 0 unspecified atom stereocenters. The van der Waals surface area contributed by atoms with Gasteiger partial charge in [0, 0.05) is 23.6 Å². The number of rotatable bonds is 2. The van der Waals surface area contributed by atoms with E-state index in [1.54, 1.807) is 0 Å². The number of para-hydroxylation sites is 2. The van der Waals surface area contributed by atoms with Crippen LogP contribution in [-0.2, 0) is 14.1 Å². The van der Waals surface area contributed by atoms with Gasteiger partial charge in [0.1, 0.15) is 12.7 Å². The molecule has 2 heterocycles. The molecule has 0 saturated carbocycles. The van der Waals surface area contributed by atoms with Crippen molar-refractivity contribution in [3.63, 3.8) is 0 Å². The molecule has 0 spiro atoms. The number of nitrogens with zero attached hydrogens (tertiary/aromatic N) is 4. The molecule has 4 rings (SSSR count). The van der Waals surface area contributed by atoms with Crippen LogP contribution in [0.5, 0.6) is 0 Å². The normalized spacial score (nSPS) is 11.5. The summed E-state index contributed by atoms with van der Waals surface area (Å²) in [6, 6.07) is 16.4. The van der Waals surface area contributed by atoms with Gasteiger partial charge in [0.25, 0.3) is 0 Å². The summed E-state index contributed by atoms with van der Waals surface area (Å²) < 4.78 is 4.09. The third-order valence-corrected chi connectivity index (χ3v) is 4.35. The summed E-state index contributed by atoms with van der Waals surface area (Å²) in [6.07, 6.45) is 0. The maximum absolute atomic E-state index is 4.56. The Morgan fingerprint density at radius 1 is 0.958 bits per heavy atom. The minimum Gasteiger partial charge on any atom is -1.00 e. The van der Waals surface area contributed by atoms with Crippen LogP contribution in [0.2, 0.25) is 0 Å². The Labute approximate surface area is 146 Å². The number of azo groups is 1. The van der Waals surface area contributed by atoms with Crippen LogP contribution in [0, 0.1) is 6.92 Å². The molecule has 24 heavy (non-hydrogen) atoms.